The van der Waals surface area contributed by atoms with Crippen molar-refractivity contribution >= 4 is 17.5 Å². The van der Waals surface area contributed by atoms with E-state index in [1.807, 2.05) is 13.8 Å². The van der Waals surface area contributed by atoms with Crippen LogP contribution >= 0.6 is 11.8 Å². The number of pyridine rings is 1. The number of rotatable bonds is 7. The summed E-state index contributed by atoms with van der Waals surface area (Å²) < 4.78 is 5.43. The first-order valence-electron chi connectivity index (χ1n) is 5.46. The number of ketones is 1. The van der Waals surface area contributed by atoms with Gasteiger partial charge in [-0.15, -0.1) is 0 Å². The minimum Gasteiger partial charge on any atom is -0.492 e. The van der Waals surface area contributed by atoms with Crippen LogP contribution < -0.4 is 4.74 Å². The quantitative estimate of drug-likeness (QED) is 0.686. The molecular formula is C12H17NO2S. The molecule has 0 N–H and O–H groups in total. The van der Waals surface area contributed by atoms with Gasteiger partial charge in [-0.2, -0.15) is 11.8 Å². The largest absolute Gasteiger partial charge is 0.492 e. The van der Waals surface area contributed by atoms with E-state index in [2.05, 4.69) is 4.98 Å². The summed E-state index contributed by atoms with van der Waals surface area (Å²) in [5, 5.41) is 0. The molecule has 0 atom stereocenters. The predicted molar refractivity (Wildman–Crippen MR) is 67.4 cm³/mol. The molecule has 0 radical (unpaired) electrons. The highest BCUT2D eigenvalue weighted by molar-refractivity contribution is 7.99. The fraction of sp³-hybridized carbons (Fsp3) is 0.500. The average Bonchev–Trinajstić information content (AvgIpc) is 2.33. The zero-order valence-corrected chi connectivity index (χ0v) is 10.5. The standard InChI is InChI=1S/C12H17NO2S/c1-3-5-15-11-6-10(7-13-8-11)12(14)9-16-4-2/h6-8H,3-5,9H2,1-2H3. The maximum atomic E-state index is 11.7. The van der Waals surface area contributed by atoms with Crippen molar-refractivity contribution in [3.63, 3.8) is 0 Å². The Kier molecular flexibility index (Phi) is 5.93. The zero-order chi connectivity index (χ0) is 11.8. The lowest BCUT2D eigenvalue weighted by atomic mass is 10.2. The van der Waals surface area contributed by atoms with Crippen molar-refractivity contribution in [3.05, 3.63) is 24.0 Å². The number of hydrogen-bond donors (Lipinski definition) is 0. The summed E-state index contributed by atoms with van der Waals surface area (Å²) in [6.07, 6.45) is 4.18. The van der Waals surface area contributed by atoms with Gasteiger partial charge in [-0.3, -0.25) is 9.78 Å². The van der Waals surface area contributed by atoms with Crippen LogP contribution in [0.3, 0.4) is 0 Å². The van der Waals surface area contributed by atoms with Gasteiger partial charge in [0.05, 0.1) is 18.6 Å². The Morgan fingerprint density at radius 3 is 2.94 bits per heavy atom. The number of thioether (sulfide) groups is 1. The molecule has 1 aromatic rings. The predicted octanol–water partition coefficient (Wildman–Crippen LogP) is 2.81. The van der Waals surface area contributed by atoms with Gasteiger partial charge in [-0.25, -0.2) is 0 Å². The summed E-state index contributed by atoms with van der Waals surface area (Å²) in [5.41, 5.74) is 0.634. The molecule has 0 unspecified atom stereocenters. The molecule has 3 nitrogen and oxygen atoms in total. The zero-order valence-electron chi connectivity index (χ0n) is 9.73. The van der Waals surface area contributed by atoms with Crippen molar-refractivity contribution in [2.24, 2.45) is 0 Å². The third-order valence-electron chi connectivity index (χ3n) is 1.95. The summed E-state index contributed by atoms with van der Waals surface area (Å²) in [7, 11) is 0. The number of carbonyl (C=O) groups is 1. The summed E-state index contributed by atoms with van der Waals surface area (Å²) in [6, 6.07) is 1.77. The molecular weight excluding hydrogens is 222 g/mol. The van der Waals surface area contributed by atoms with Crippen molar-refractivity contribution < 1.29 is 9.53 Å². The summed E-state index contributed by atoms with van der Waals surface area (Å²) >= 11 is 1.62. The molecule has 0 bridgehead atoms. The second-order valence-electron chi connectivity index (χ2n) is 3.32. The van der Waals surface area contributed by atoms with Gasteiger partial charge in [0, 0.05) is 11.8 Å². The number of nitrogens with zero attached hydrogens (tertiary/aromatic N) is 1. The minimum atomic E-state index is 0.112. The number of Topliss-reactive ketones (excluding diaryl/α,β-unsaturated/α-hetero) is 1. The smallest absolute Gasteiger partial charge is 0.174 e. The van der Waals surface area contributed by atoms with E-state index in [9.17, 15) is 4.79 Å². The summed E-state index contributed by atoms with van der Waals surface area (Å²) in [6.45, 7) is 4.74. The molecule has 88 valence electrons. The van der Waals surface area contributed by atoms with Crippen LogP contribution in [0.25, 0.3) is 0 Å². The van der Waals surface area contributed by atoms with Gasteiger partial charge in [0.15, 0.2) is 5.78 Å². The Balaban J connectivity index is 2.62. The van der Waals surface area contributed by atoms with Crippen LogP contribution in [0.1, 0.15) is 30.6 Å². The van der Waals surface area contributed by atoms with Crippen molar-refractivity contribution in [2.75, 3.05) is 18.1 Å². The van der Waals surface area contributed by atoms with Gasteiger partial charge < -0.3 is 4.74 Å². The summed E-state index contributed by atoms with van der Waals surface area (Å²) in [4.78, 5) is 15.7. The molecule has 0 aliphatic carbocycles. The third-order valence-corrected chi connectivity index (χ3v) is 2.82. The van der Waals surface area contributed by atoms with Gasteiger partial charge in [-0.1, -0.05) is 13.8 Å². The lowest BCUT2D eigenvalue weighted by Crippen LogP contribution is -2.04. The van der Waals surface area contributed by atoms with Gasteiger partial charge >= 0.3 is 0 Å². The van der Waals surface area contributed by atoms with Crippen molar-refractivity contribution in [1.82, 2.24) is 4.98 Å². The van der Waals surface area contributed by atoms with E-state index in [0.29, 0.717) is 23.7 Å². The number of aromatic nitrogens is 1. The van der Waals surface area contributed by atoms with Crippen molar-refractivity contribution in [1.29, 1.82) is 0 Å². The maximum absolute atomic E-state index is 11.7. The molecule has 0 amide bonds. The van der Waals surface area contributed by atoms with Crippen LogP contribution in [-0.4, -0.2) is 28.9 Å². The van der Waals surface area contributed by atoms with Crippen LogP contribution in [0.4, 0.5) is 0 Å². The van der Waals surface area contributed by atoms with Crippen LogP contribution in [-0.2, 0) is 0 Å². The Labute approximate surface area is 101 Å². The molecule has 4 heteroatoms. The van der Waals surface area contributed by atoms with Gasteiger partial charge in [0.1, 0.15) is 5.75 Å². The van der Waals surface area contributed by atoms with Gasteiger partial charge in [-0.05, 0) is 18.2 Å². The first-order chi connectivity index (χ1) is 7.77. The van der Waals surface area contributed by atoms with E-state index in [1.165, 1.54) is 0 Å². The van der Waals surface area contributed by atoms with Crippen molar-refractivity contribution in [2.45, 2.75) is 20.3 Å². The minimum absolute atomic E-state index is 0.112. The normalized spacial score (nSPS) is 10.1. The van der Waals surface area contributed by atoms with E-state index in [1.54, 1.807) is 30.2 Å². The lowest BCUT2D eigenvalue weighted by Gasteiger charge is -2.05. The Hall–Kier alpha value is -1.03. The first-order valence-corrected chi connectivity index (χ1v) is 6.62. The number of carbonyl (C=O) groups excluding carboxylic acids is 1. The molecule has 1 aromatic heterocycles. The Morgan fingerprint density at radius 1 is 1.44 bits per heavy atom. The number of hydrogen-bond acceptors (Lipinski definition) is 4. The van der Waals surface area contributed by atoms with E-state index in [0.717, 1.165) is 12.2 Å². The third kappa shape index (κ3) is 4.23. The highest BCUT2D eigenvalue weighted by Crippen LogP contribution is 2.13. The molecule has 0 aliphatic rings. The van der Waals surface area contributed by atoms with E-state index >= 15 is 0 Å². The molecule has 0 aromatic carbocycles. The highest BCUT2D eigenvalue weighted by atomic mass is 32.2. The van der Waals surface area contributed by atoms with Gasteiger partial charge in [0.2, 0.25) is 0 Å². The first kappa shape index (κ1) is 13.0. The van der Waals surface area contributed by atoms with E-state index in [4.69, 9.17) is 4.74 Å². The second kappa shape index (κ2) is 7.28. The van der Waals surface area contributed by atoms with Gasteiger partial charge in [0.25, 0.3) is 0 Å². The lowest BCUT2D eigenvalue weighted by molar-refractivity contribution is 0.102. The topological polar surface area (TPSA) is 39.2 Å². The fourth-order valence-electron chi connectivity index (χ4n) is 1.15. The molecule has 16 heavy (non-hydrogen) atoms. The Morgan fingerprint density at radius 2 is 2.25 bits per heavy atom. The fourth-order valence-corrected chi connectivity index (χ4v) is 1.70. The molecule has 0 spiro atoms. The molecule has 1 heterocycles. The second-order valence-corrected chi connectivity index (χ2v) is 4.59. The molecule has 0 aliphatic heterocycles. The van der Waals surface area contributed by atoms with E-state index in [-0.39, 0.29) is 5.78 Å². The van der Waals surface area contributed by atoms with Crippen LogP contribution in [0.2, 0.25) is 0 Å². The van der Waals surface area contributed by atoms with Crippen LogP contribution in [0, 0.1) is 0 Å². The Bertz CT molecular complexity index is 342. The van der Waals surface area contributed by atoms with Crippen molar-refractivity contribution in [3.8, 4) is 5.75 Å². The molecule has 0 saturated carbocycles. The van der Waals surface area contributed by atoms with Crippen LogP contribution in [0.15, 0.2) is 18.5 Å². The summed E-state index contributed by atoms with van der Waals surface area (Å²) in [5.74, 6) is 2.25. The molecule has 1 rings (SSSR count). The molecule has 0 fully saturated rings. The highest BCUT2D eigenvalue weighted by Gasteiger charge is 2.07. The average molecular weight is 239 g/mol. The SMILES string of the molecule is CCCOc1cncc(C(=O)CSCC)c1. The van der Waals surface area contributed by atoms with Crippen LogP contribution in [0.5, 0.6) is 5.75 Å². The number of ether oxygens (including phenoxy) is 1. The molecule has 0 saturated heterocycles. The van der Waals surface area contributed by atoms with E-state index < -0.39 is 0 Å². The maximum Gasteiger partial charge on any atom is 0.174 e. The monoisotopic (exact) mass is 239 g/mol.